The average molecular weight is 439 g/mol. The van der Waals surface area contributed by atoms with Gasteiger partial charge < -0.3 is 11.1 Å². The van der Waals surface area contributed by atoms with Crippen LogP contribution in [0.5, 0.6) is 0 Å². The van der Waals surface area contributed by atoms with Crippen molar-refractivity contribution in [1.29, 1.82) is 0 Å². The Morgan fingerprint density at radius 2 is 1.83 bits per heavy atom. The lowest BCUT2D eigenvalue weighted by Gasteiger charge is -2.19. The van der Waals surface area contributed by atoms with Crippen molar-refractivity contribution in [2.45, 2.75) is 32.1 Å². The number of nitrogens with two attached hydrogens (primary N) is 1. The smallest absolute Gasteiger partial charge is 0.193 e. The number of hydrogen-bond donors (Lipinski definition) is 2. The summed E-state index contributed by atoms with van der Waals surface area (Å²) < 4.78 is 12.9. The van der Waals surface area contributed by atoms with Crippen molar-refractivity contribution in [3.63, 3.8) is 0 Å². The summed E-state index contributed by atoms with van der Waals surface area (Å²) in [6.45, 7) is 0.583. The van der Waals surface area contributed by atoms with Crippen LogP contribution in [0.1, 0.15) is 29.5 Å². The molecule has 0 saturated carbocycles. The summed E-state index contributed by atoms with van der Waals surface area (Å²) in [5, 5.41) is 3.23. The molecule has 0 fully saturated rings. The second kappa shape index (κ2) is 9.01. The Kier molecular flexibility index (Phi) is 7.02. The normalized spacial score (nSPS) is 13.8. The van der Waals surface area contributed by atoms with E-state index in [9.17, 15) is 4.39 Å². The molecule has 128 valence electrons. The van der Waals surface area contributed by atoms with Crippen LogP contribution in [0.4, 0.5) is 10.1 Å². The molecule has 0 radical (unpaired) electrons. The Morgan fingerprint density at radius 1 is 1.08 bits per heavy atom. The van der Waals surface area contributed by atoms with E-state index in [4.69, 9.17) is 5.73 Å². The number of nitrogens with zero attached hydrogens (tertiary/aromatic N) is 1. The van der Waals surface area contributed by atoms with E-state index in [0.29, 0.717) is 12.5 Å². The monoisotopic (exact) mass is 439 g/mol. The molecule has 3 nitrogen and oxygen atoms in total. The molecule has 0 saturated heterocycles. The van der Waals surface area contributed by atoms with Crippen LogP contribution in [0.25, 0.3) is 0 Å². The maximum Gasteiger partial charge on any atom is 0.193 e. The van der Waals surface area contributed by atoms with E-state index in [1.807, 2.05) is 0 Å². The minimum atomic E-state index is -0.215. The Bertz CT molecular complexity index is 698. The fraction of sp³-hybridized carbons (Fsp3) is 0.316. The second-order valence-electron chi connectivity index (χ2n) is 5.92. The van der Waals surface area contributed by atoms with Gasteiger partial charge >= 0.3 is 0 Å². The van der Waals surface area contributed by atoms with Gasteiger partial charge in [0.15, 0.2) is 5.96 Å². The highest BCUT2D eigenvalue weighted by atomic mass is 127. The van der Waals surface area contributed by atoms with Crippen LogP contribution in [0.2, 0.25) is 0 Å². The van der Waals surface area contributed by atoms with Crippen LogP contribution in [-0.2, 0) is 19.3 Å². The molecule has 0 atom stereocenters. The Morgan fingerprint density at radius 3 is 2.62 bits per heavy atom. The lowest BCUT2D eigenvalue weighted by atomic mass is 9.90. The highest BCUT2D eigenvalue weighted by Gasteiger charge is 2.12. The lowest BCUT2D eigenvalue weighted by Crippen LogP contribution is -2.24. The summed E-state index contributed by atoms with van der Waals surface area (Å²) in [5.74, 6) is 0.221. The number of fused-ring (bicyclic) bond motifs is 1. The van der Waals surface area contributed by atoms with Crippen LogP contribution in [-0.4, -0.2) is 12.5 Å². The molecule has 0 unspecified atom stereocenters. The van der Waals surface area contributed by atoms with Gasteiger partial charge in [0.2, 0.25) is 0 Å². The van der Waals surface area contributed by atoms with E-state index in [1.54, 1.807) is 12.1 Å². The minimum Gasteiger partial charge on any atom is -0.370 e. The van der Waals surface area contributed by atoms with E-state index < -0.39 is 0 Å². The van der Waals surface area contributed by atoms with Crippen LogP contribution >= 0.6 is 24.0 Å². The third kappa shape index (κ3) is 4.93. The standard InChI is InChI=1S/C19H22FN3.HI/c20-16-10-8-14(9-11-16)12-13-22-19(21)23-18-7-3-5-15-4-1-2-6-17(15)18;/h3,5,7-11H,1-2,4,6,12-13H2,(H3,21,22,23);1H. The van der Waals surface area contributed by atoms with Crippen molar-refractivity contribution in [3.05, 3.63) is 65.0 Å². The molecule has 3 N–H and O–H groups in total. The van der Waals surface area contributed by atoms with Gasteiger partial charge in [-0.25, -0.2) is 4.39 Å². The van der Waals surface area contributed by atoms with Crippen LogP contribution < -0.4 is 11.1 Å². The molecule has 24 heavy (non-hydrogen) atoms. The minimum absolute atomic E-state index is 0. The van der Waals surface area contributed by atoms with E-state index >= 15 is 0 Å². The van der Waals surface area contributed by atoms with E-state index in [-0.39, 0.29) is 29.8 Å². The molecule has 5 heteroatoms. The molecular formula is C19H23FIN3. The molecule has 0 heterocycles. The predicted molar refractivity (Wildman–Crippen MR) is 109 cm³/mol. The Hall–Kier alpha value is -1.63. The molecule has 0 aromatic heterocycles. The van der Waals surface area contributed by atoms with Gasteiger partial charge in [-0.1, -0.05) is 24.3 Å². The summed E-state index contributed by atoms with van der Waals surface area (Å²) in [4.78, 5) is 4.38. The molecule has 0 spiro atoms. The van der Waals surface area contributed by atoms with E-state index in [2.05, 4.69) is 28.5 Å². The molecule has 1 aliphatic carbocycles. The Balaban J connectivity index is 0.00000208. The second-order valence-corrected chi connectivity index (χ2v) is 5.92. The zero-order valence-electron chi connectivity index (χ0n) is 13.6. The van der Waals surface area contributed by atoms with E-state index in [1.165, 1.54) is 36.1 Å². The summed E-state index contributed by atoms with van der Waals surface area (Å²) in [6, 6.07) is 12.8. The van der Waals surface area contributed by atoms with Crippen molar-refractivity contribution in [2.75, 3.05) is 11.9 Å². The average Bonchev–Trinajstić information content (AvgIpc) is 2.57. The Labute approximate surface area is 159 Å². The number of nitrogens with one attached hydrogen (secondary N) is 1. The largest absolute Gasteiger partial charge is 0.370 e. The molecule has 0 aliphatic heterocycles. The molecule has 1 aliphatic rings. The SMILES string of the molecule is I.NC(=NCCc1ccc(F)cc1)Nc1cccc2c1CCCC2. The quantitative estimate of drug-likeness (QED) is 0.424. The van der Waals surface area contributed by atoms with Crippen LogP contribution in [0.3, 0.4) is 0 Å². The topological polar surface area (TPSA) is 50.4 Å². The summed E-state index contributed by atoms with van der Waals surface area (Å²) in [7, 11) is 0. The number of anilines is 1. The zero-order valence-corrected chi connectivity index (χ0v) is 15.9. The van der Waals surface area contributed by atoms with Gasteiger partial charge in [0, 0.05) is 12.2 Å². The first-order valence-electron chi connectivity index (χ1n) is 8.14. The molecular weight excluding hydrogens is 416 g/mol. The van der Waals surface area contributed by atoms with Gasteiger partial charge in [-0.3, -0.25) is 4.99 Å². The molecule has 0 amide bonds. The number of halogens is 2. The van der Waals surface area contributed by atoms with Crippen LogP contribution in [0, 0.1) is 5.82 Å². The van der Waals surface area contributed by atoms with Crippen molar-refractivity contribution < 1.29 is 4.39 Å². The van der Waals surface area contributed by atoms with Gasteiger partial charge in [-0.2, -0.15) is 0 Å². The first-order valence-corrected chi connectivity index (χ1v) is 8.14. The highest BCUT2D eigenvalue weighted by Crippen LogP contribution is 2.27. The molecule has 2 aromatic carbocycles. The lowest BCUT2D eigenvalue weighted by molar-refractivity contribution is 0.627. The molecule has 2 aromatic rings. The van der Waals surface area contributed by atoms with Gasteiger partial charge in [0.05, 0.1) is 0 Å². The number of guanidine groups is 1. The number of hydrogen-bond acceptors (Lipinski definition) is 1. The number of aliphatic imine (C=N–C) groups is 1. The van der Waals surface area contributed by atoms with Gasteiger partial charge in [-0.05, 0) is 67.0 Å². The fourth-order valence-corrected chi connectivity index (χ4v) is 3.03. The molecule has 3 rings (SSSR count). The fourth-order valence-electron chi connectivity index (χ4n) is 3.03. The van der Waals surface area contributed by atoms with E-state index in [0.717, 1.165) is 30.5 Å². The number of rotatable bonds is 4. The van der Waals surface area contributed by atoms with Crippen molar-refractivity contribution >= 4 is 35.6 Å². The first kappa shape index (κ1) is 18.7. The van der Waals surface area contributed by atoms with Crippen molar-refractivity contribution in [2.24, 2.45) is 10.7 Å². The highest BCUT2D eigenvalue weighted by molar-refractivity contribution is 14.0. The maximum atomic E-state index is 12.9. The zero-order chi connectivity index (χ0) is 16.1. The summed E-state index contributed by atoms with van der Waals surface area (Å²) >= 11 is 0. The number of aryl methyl sites for hydroxylation is 1. The third-order valence-electron chi connectivity index (χ3n) is 4.25. The van der Waals surface area contributed by atoms with Crippen LogP contribution in [0.15, 0.2) is 47.5 Å². The third-order valence-corrected chi connectivity index (χ3v) is 4.25. The number of benzene rings is 2. The van der Waals surface area contributed by atoms with Crippen molar-refractivity contribution in [3.8, 4) is 0 Å². The molecule has 0 bridgehead atoms. The van der Waals surface area contributed by atoms with Gasteiger partial charge in [0.1, 0.15) is 5.82 Å². The first-order chi connectivity index (χ1) is 11.2. The predicted octanol–water partition coefficient (Wildman–Crippen LogP) is 4.29. The van der Waals surface area contributed by atoms with Gasteiger partial charge in [-0.15, -0.1) is 24.0 Å². The van der Waals surface area contributed by atoms with Crippen molar-refractivity contribution in [1.82, 2.24) is 0 Å². The summed E-state index contributed by atoms with van der Waals surface area (Å²) in [6.07, 6.45) is 5.48. The summed E-state index contributed by atoms with van der Waals surface area (Å²) in [5.41, 5.74) is 10.9. The maximum absolute atomic E-state index is 12.9. The van der Waals surface area contributed by atoms with Gasteiger partial charge in [0.25, 0.3) is 0 Å².